The van der Waals surface area contributed by atoms with Crippen molar-refractivity contribution in [3.8, 4) is 6.07 Å². The monoisotopic (exact) mass is 194 g/mol. The minimum Gasteiger partial charge on any atom is -0.297 e. The van der Waals surface area contributed by atoms with Crippen LogP contribution in [-0.2, 0) is 0 Å². The van der Waals surface area contributed by atoms with Crippen LogP contribution in [-0.4, -0.2) is 23.5 Å². The van der Waals surface area contributed by atoms with E-state index in [2.05, 4.69) is 38.7 Å². The topological polar surface area (TPSA) is 27.0 Å². The zero-order valence-corrected chi connectivity index (χ0v) is 9.83. The smallest absolute Gasteiger partial charge is 0.0625 e. The Kier molecular flexibility index (Phi) is 3.95. The van der Waals surface area contributed by atoms with Gasteiger partial charge in [0, 0.05) is 18.5 Å². The lowest BCUT2D eigenvalue weighted by atomic mass is 9.89. The summed E-state index contributed by atoms with van der Waals surface area (Å²) in [6, 6.07) is 3.56. The summed E-state index contributed by atoms with van der Waals surface area (Å²) in [6.45, 7) is 10.2. The normalized spacial score (nSPS) is 28.6. The molecule has 1 saturated heterocycles. The number of likely N-dealkylation sites (tertiary alicyclic amines) is 1. The van der Waals surface area contributed by atoms with E-state index in [1.54, 1.807) is 0 Å². The Labute approximate surface area is 87.9 Å². The van der Waals surface area contributed by atoms with Crippen LogP contribution in [0, 0.1) is 23.2 Å². The molecule has 1 heterocycles. The fraction of sp³-hybridized carbons (Fsp3) is 0.917. The number of hydrogen-bond donors (Lipinski definition) is 0. The summed E-state index contributed by atoms with van der Waals surface area (Å²) in [5.74, 6) is 1.26. The Hall–Kier alpha value is -0.550. The van der Waals surface area contributed by atoms with Gasteiger partial charge in [-0.05, 0) is 38.6 Å². The van der Waals surface area contributed by atoms with Crippen molar-refractivity contribution in [3.05, 3.63) is 0 Å². The van der Waals surface area contributed by atoms with Gasteiger partial charge in [0.1, 0.15) is 0 Å². The molecule has 0 amide bonds. The van der Waals surface area contributed by atoms with Gasteiger partial charge in [0.15, 0.2) is 0 Å². The Morgan fingerprint density at radius 2 is 2.00 bits per heavy atom. The van der Waals surface area contributed by atoms with E-state index >= 15 is 0 Å². The molecule has 0 N–H and O–H groups in total. The van der Waals surface area contributed by atoms with Gasteiger partial charge in [0.25, 0.3) is 0 Å². The van der Waals surface area contributed by atoms with E-state index in [4.69, 9.17) is 5.26 Å². The van der Waals surface area contributed by atoms with Crippen molar-refractivity contribution in [3.63, 3.8) is 0 Å². The Morgan fingerprint density at radius 1 is 1.36 bits per heavy atom. The van der Waals surface area contributed by atoms with Crippen molar-refractivity contribution >= 4 is 0 Å². The largest absolute Gasteiger partial charge is 0.297 e. The second-order valence-corrected chi connectivity index (χ2v) is 4.98. The van der Waals surface area contributed by atoms with Crippen LogP contribution >= 0.6 is 0 Å². The molecule has 80 valence electrons. The van der Waals surface area contributed by atoms with E-state index in [1.165, 1.54) is 13.0 Å². The third-order valence-corrected chi connectivity index (χ3v) is 3.32. The molecule has 0 aromatic heterocycles. The predicted molar refractivity (Wildman–Crippen MR) is 58.8 cm³/mol. The van der Waals surface area contributed by atoms with Gasteiger partial charge >= 0.3 is 0 Å². The molecule has 0 aromatic carbocycles. The summed E-state index contributed by atoms with van der Waals surface area (Å²) in [5.41, 5.74) is 0. The maximum absolute atomic E-state index is 8.78. The lowest BCUT2D eigenvalue weighted by molar-refractivity contribution is 0.141. The van der Waals surface area contributed by atoms with Gasteiger partial charge < -0.3 is 0 Å². The first-order chi connectivity index (χ1) is 6.57. The fourth-order valence-electron chi connectivity index (χ4n) is 2.78. The first kappa shape index (κ1) is 11.5. The van der Waals surface area contributed by atoms with E-state index in [9.17, 15) is 0 Å². The lowest BCUT2D eigenvalue weighted by Gasteiger charge is -2.33. The molecule has 1 aliphatic heterocycles. The molecular formula is C12H22N2. The summed E-state index contributed by atoms with van der Waals surface area (Å²) < 4.78 is 0. The molecule has 0 aromatic rings. The molecule has 0 radical (unpaired) electrons. The highest BCUT2D eigenvalue weighted by molar-refractivity contribution is 4.94. The highest BCUT2D eigenvalue weighted by Crippen LogP contribution is 2.33. The zero-order valence-electron chi connectivity index (χ0n) is 9.83. The standard InChI is InChI=1S/C12H22N2/c1-9(2)12-11(5-7-13)6-8-14(12)10(3)4/h9-12H,5-6,8H2,1-4H3. The lowest BCUT2D eigenvalue weighted by Crippen LogP contribution is -2.41. The minimum atomic E-state index is 0.599. The zero-order chi connectivity index (χ0) is 10.7. The average Bonchev–Trinajstić information content (AvgIpc) is 2.48. The highest BCUT2D eigenvalue weighted by atomic mass is 15.2. The first-order valence-corrected chi connectivity index (χ1v) is 5.70. The molecule has 0 bridgehead atoms. The highest BCUT2D eigenvalue weighted by Gasteiger charge is 2.36. The van der Waals surface area contributed by atoms with E-state index < -0.39 is 0 Å². The van der Waals surface area contributed by atoms with Crippen molar-refractivity contribution in [2.75, 3.05) is 6.54 Å². The summed E-state index contributed by atoms with van der Waals surface area (Å²) in [6.07, 6.45) is 1.93. The molecule has 14 heavy (non-hydrogen) atoms. The van der Waals surface area contributed by atoms with Gasteiger partial charge in [-0.1, -0.05) is 13.8 Å². The fourth-order valence-corrected chi connectivity index (χ4v) is 2.78. The summed E-state index contributed by atoms with van der Waals surface area (Å²) in [7, 11) is 0. The van der Waals surface area contributed by atoms with Crippen LogP contribution in [0.25, 0.3) is 0 Å². The van der Waals surface area contributed by atoms with E-state index in [0.29, 0.717) is 23.9 Å². The maximum Gasteiger partial charge on any atom is 0.0625 e. The van der Waals surface area contributed by atoms with Crippen molar-refractivity contribution < 1.29 is 0 Å². The average molecular weight is 194 g/mol. The number of nitriles is 1. The van der Waals surface area contributed by atoms with Crippen LogP contribution in [0.3, 0.4) is 0 Å². The summed E-state index contributed by atoms with van der Waals surface area (Å²) in [4.78, 5) is 2.56. The molecule has 2 atom stereocenters. The van der Waals surface area contributed by atoms with Gasteiger partial charge in [-0.3, -0.25) is 4.90 Å². The minimum absolute atomic E-state index is 0.599. The quantitative estimate of drug-likeness (QED) is 0.690. The van der Waals surface area contributed by atoms with Gasteiger partial charge in [-0.15, -0.1) is 0 Å². The second-order valence-electron chi connectivity index (χ2n) is 4.98. The number of hydrogen-bond acceptors (Lipinski definition) is 2. The molecule has 2 heteroatoms. The molecule has 1 fully saturated rings. The second kappa shape index (κ2) is 4.79. The Balaban J connectivity index is 2.70. The van der Waals surface area contributed by atoms with Crippen molar-refractivity contribution in [1.29, 1.82) is 5.26 Å². The number of rotatable bonds is 3. The molecule has 1 rings (SSSR count). The van der Waals surface area contributed by atoms with Crippen LogP contribution in [0.5, 0.6) is 0 Å². The predicted octanol–water partition coefficient (Wildman–Crippen LogP) is 2.65. The molecular weight excluding hydrogens is 172 g/mol. The molecule has 2 nitrogen and oxygen atoms in total. The van der Waals surface area contributed by atoms with Gasteiger partial charge in [0.05, 0.1) is 6.07 Å². The van der Waals surface area contributed by atoms with E-state index in [0.717, 1.165) is 6.42 Å². The molecule has 0 aliphatic carbocycles. The van der Waals surface area contributed by atoms with Crippen molar-refractivity contribution in [1.82, 2.24) is 4.90 Å². The Bertz CT molecular complexity index is 215. The van der Waals surface area contributed by atoms with E-state index in [-0.39, 0.29) is 0 Å². The molecule has 2 unspecified atom stereocenters. The first-order valence-electron chi connectivity index (χ1n) is 5.70. The van der Waals surface area contributed by atoms with Gasteiger partial charge in [-0.25, -0.2) is 0 Å². The van der Waals surface area contributed by atoms with Gasteiger partial charge in [-0.2, -0.15) is 5.26 Å². The molecule has 1 aliphatic rings. The van der Waals surface area contributed by atoms with Crippen LogP contribution in [0.2, 0.25) is 0 Å². The van der Waals surface area contributed by atoms with Crippen LogP contribution in [0.15, 0.2) is 0 Å². The molecule has 0 spiro atoms. The Morgan fingerprint density at radius 3 is 2.43 bits per heavy atom. The van der Waals surface area contributed by atoms with Crippen LogP contribution < -0.4 is 0 Å². The van der Waals surface area contributed by atoms with Crippen molar-refractivity contribution in [2.24, 2.45) is 11.8 Å². The van der Waals surface area contributed by atoms with Crippen molar-refractivity contribution in [2.45, 2.75) is 52.6 Å². The van der Waals surface area contributed by atoms with E-state index in [1.807, 2.05) is 0 Å². The molecule has 0 saturated carbocycles. The summed E-state index contributed by atoms with van der Waals surface area (Å²) >= 11 is 0. The number of nitrogens with zero attached hydrogens (tertiary/aromatic N) is 2. The maximum atomic E-state index is 8.78. The SMILES string of the molecule is CC(C)C1C(CC#N)CCN1C(C)C. The van der Waals surface area contributed by atoms with Crippen LogP contribution in [0.4, 0.5) is 0 Å². The third kappa shape index (κ3) is 2.27. The van der Waals surface area contributed by atoms with Crippen LogP contribution in [0.1, 0.15) is 40.5 Å². The third-order valence-electron chi connectivity index (χ3n) is 3.32. The van der Waals surface area contributed by atoms with Gasteiger partial charge in [0.2, 0.25) is 0 Å². The summed E-state index contributed by atoms with van der Waals surface area (Å²) in [5, 5.41) is 8.78.